The molecule has 2 rings (SSSR count). The monoisotopic (exact) mass is 296 g/mol. The molecule has 0 bridgehead atoms. The molecule has 1 N–H and O–H groups in total. The average molecular weight is 296 g/mol. The Morgan fingerprint density at radius 3 is 2.75 bits per heavy atom. The largest absolute Gasteiger partial charge is 0.481 e. The molecule has 20 heavy (non-hydrogen) atoms. The zero-order valence-electron chi connectivity index (χ0n) is 11.5. The number of hydrogen-bond acceptors (Lipinski definition) is 4. The summed E-state index contributed by atoms with van der Waals surface area (Å²) >= 11 is 1.75. The maximum Gasteiger partial charge on any atom is 0.303 e. The van der Waals surface area contributed by atoms with Gasteiger partial charge in [-0.2, -0.15) is 0 Å². The number of carboxylic acids is 1. The highest BCUT2D eigenvalue weighted by atomic mass is 32.1. The first kappa shape index (κ1) is 15.0. The molecule has 0 saturated carbocycles. The number of thiophene rings is 1. The van der Waals surface area contributed by atoms with Gasteiger partial charge in [-0.05, 0) is 17.9 Å². The molecule has 1 fully saturated rings. The minimum atomic E-state index is -0.910. The summed E-state index contributed by atoms with van der Waals surface area (Å²) < 4.78 is 0. The van der Waals surface area contributed by atoms with Gasteiger partial charge in [-0.3, -0.25) is 14.5 Å². The van der Waals surface area contributed by atoms with E-state index in [1.807, 2.05) is 0 Å². The molecule has 0 unspecified atom stereocenters. The molecule has 1 amide bonds. The third-order valence-electron chi connectivity index (χ3n) is 3.45. The summed E-state index contributed by atoms with van der Waals surface area (Å²) in [6.07, 6.45) is 0.985. The van der Waals surface area contributed by atoms with Gasteiger partial charge >= 0.3 is 5.97 Å². The lowest BCUT2D eigenvalue weighted by Gasteiger charge is -2.21. The predicted octanol–water partition coefficient (Wildman–Crippen LogP) is 1.65. The SMILES string of the molecule is O=C(O)CCC(=O)N1CCCN(Cc2cccs2)CC1. The lowest BCUT2D eigenvalue weighted by atomic mass is 10.2. The molecule has 0 radical (unpaired) electrons. The summed E-state index contributed by atoms with van der Waals surface area (Å²) in [5.74, 6) is -0.946. The van der Waals surface area contributed by atoms with Gasteiger partial charge in [-0.25, -0.2) is 0 Å². The Kier molecular flexibility index (Phi) is 5.55. The van der Waals surface area contributed by atoms with Gasteiger partial charge in [0.25, 0.3) is 0 Å². The van der Waals surface area contributed by atoms with E-state index in [9.17, 15) is 9.59 Å². The number of aliphatic carboxylic acids is 1. The molecule has 0 aromatic carbocycles. The molecule has 0 spiro atoms. The first-order valence-electron chi connectivity index (χ1n) is 6.89. The number of hydrogen-bond donors (Lipinski definition) is 1. The van der Waals surface area contributed by atoms with Crippen molar-refractivity contribution in [2.75, 3.05) is 26.2 Å². The maximum absolute atomic E-state index is 11.9. The lowest BCUT2D eigenvalue weighted by Crippen LogP contribution is -2.35. The van der Waals surface area contributed by atoms with Crippen molar-refractivity contribution in [3.05, 3.63) is 22.4 Å². The van der Waals surface area contributed by atoms with Crippen LogP contribution in [0.3, 0.4) is 0 Å². The number of rotatable bonds is 5. The smallest absolute Gasteiger partial charge is 0.303 e. The zero-order chi connectivity index (χ0) is 14.4. The molecule has 6 heteroatoms. The van der Waals surface area contributed by atoms with Crippen molar-refractivity contribution in [3.8, 4) is 0 Å². The van der Waals surface area contributed by atoms with E-state index in [0.29, 0.717) is 6.54 Å². The molecule has 1 aromatic heterocycles. The number of amides is 1. The van der Waals surface area contributed by atoms with Crippen molar-refractivity contribution in [2.24, 2.45) is 0 Å². The Hall–Kier alpha value is -1.40. The van der Waals surface area contributed by atoms with Crippen LogP contribution in [-0.4, -0.2) is 53.0 Å². The van der Waals surface area contributed by atoms with Crippen LogP contribution in [0.4, 0.5) is 0 Å². The van der Waals surface area contributed by atoms with Crippen LogP contribution in [0.1, 0.15) is 24.1 Å². The van der Waals surface area contributed by atoms with Gasteiger partial charge in [0.05, 0.1) is 6.42 Å². The number of carboxylic acid groups (broad SMARTS) is 1. The molecule has 1 saturated heterocycles. The molecule has 1 aromatic rings. The normalized spacial score (nSPS) is 16.9. The van der Waals surface area contributed by atoms with E-state index < -0.39 is 5.97 Å². The minimum Gasteiger partial charge on any atom is -0.481 e. The molecule has 1 aliphatic heterocycles. The highest BCUT2D eigenvalue weighted by Gasteiger charge is 2.19. The standard InChI is InChI=1S/C14H20N2O3S/c17-13(4-5-14(18)19)16-7-2-6-15(8-9-16)11-12-3-1-10-20-12/h1,3,10H,2,4-9,11H2,(H,18,19). The number of carbonyl (C=O) groups is 2. The average Bonchev–Trinajstić information content (AvgIpc) is 2.81. The van der Waals surface area contributed by atoms with Gasteiger partial charge in [0.1, 0.15) is 0 Å². The van der Waals surface area contributed by atoms with E-state index >= 15 is 0 Å². The highest BCUT2D eigenvalue weighted by Crippen LogP contribution is 2.14. The Labute approximate surface area is 122 Å². The van der Waals surface area contributed by atoms with Gasteiger partial charge in [0, 0.05) is 44.0 Å². The zero-order valence-corrected chi connectivity index (χ0v) is 12.3. The Balaban J connectivity index is 1.79. The van der Waals surface area contributed by atoms with Crippen molar-refractivity contribution in [1.82, 2.24) is 9.80 Å². The summed E-state index contributed by atoms with van der Waals surface area (Å²) in [7, 11) is 0. The van der Waals surface area contributed by atoms with Crippen LogP contribution < -0.4 is 0 Å². The highest BCUT2D eigenvalue weighted by molar-refractivity contribution is 7.09. The van der Waals surface area contributed by atoms with Crippen LogP contribution in [0.15, 0.2) is 17.5 Å². The van der Waals surface area contributed by atoms with E-state index in [-0.39, 0.29) is 18.7 Å². The fourth-order valence-corrected chi connectivity index (χ4v) is 3.12. The number of carbonyl (C=O) groups excluding carboxylic acids is 1. The van der Waals surface area contributed by atoms with Gasteiger partial charge in [-0.1, -0.05) is 6.07 Å². The van der Waals surface area contributed by atoms with Crippen molar-refractivity contribution >= 4 is 23.2 Å². The molecule has 1 aliphatic rings. The molecule has 5 nitrogen and oxygen atoms in total. The molecule has 0 aliphatic carbocycles. The number of nitrogens with zero attached hydrogens (tertiary/aromatic N) is 2. The summed E-state index contributed by atoms with van der Waals surface area (Å²) in [5.41, 5.74) is 0. The van der Waals surface area contributed by atoms with Crippen molar-refractivity contribution in [2.45, 2.75) is 25.8 Å². The summed E-state index contributed by atoms with van der Waals surface area (Å²) in [6.45, 7) is 4.22. The maximum atomic E-state index is 11.9. The third-order valence-corrected chi connectivity index (χ3v) is 4.31. The first-order valence-corrected chi connectivity index (χ1v) is 7.77. The van der Waals surface area contributed by atoms with Crippen LogP contribution in [0, 0.1) is 0 Å². The van der Waals surface area contributed by atoms with Crippen molar-refractivity contribution in [1.29, 1.82) is 0 Å². The van der Waals surface area contributed by atoms with E-state index in [1.54, 1.807) is 16.2 Å². The summed E-state index contributed by atoms with van der Waals surface area (Å²) in [6, 6.07) is 4.19. The molecule has 0 atom stereocenters. The van der Waals surface area contributed by atoms with Gasteiger partial charge in [0.2, 0.25) is 5.91 Å². The molecule has 2 heterocycles. The predicted molar refractivity (Wildman–Crippen MR) is 77.7 cm³/mol. The van der Waals surface area contributed by atoms with Crippen LogP contribution in [0.2, 0.25) is 0 Å². The first-order chi connectivity index (χ1) is 9.65. The van der Waals surface area contributed by atoms with E-state index in [1.165, 1.54) is 4.88 Å². The third kappa shape index (κ3) is 4.61. The van der Waals surface area contributed by atoms with Gasteiger partial charge in [-0.15, -0.1) is 11.3 Å². The second-order valence-corrected chi connectivity index (χ2v) is 6.02. The van der Waals surface area contributed by atoms with Crippen LogP contribution in [-0.2, 0) is 16.1 Å². The fraction of sp³-hybridized carbons (Fsp3) is 0.571. The second-order valence-electron chi connectivity index (χ2n) is 4.98. The second kappa shape index (κ2) is 7.40. The fourth-order valence-electron chi connectivity index (χ4n) is 2.37. The lowest BCUT2D eigenvalue weighted by molar-refractivity contribution is -0.140. The van der Waals surface area contributed by atoms with E-state index in [4.69, 9.17) is 5.11 Å². The van der Waals surface area contributed by atoms with Crippen LogP contribution in [0.5, 0.6) is 0 Å². The quantitative estimate of drug-likeness (QED) is 0.897. The van der Waals surface area contributed by atoms with Crippen LogP contribution >= 0.6 is 11.3 Å². The van der Waals surface area contributed by atoms with E-state index in [0.717, 1.165) is 32.6 Å². The molecular formula is C14H20N2O3S. The van der Waals surface area contributed by atoms with Crippen molar-refractivity contribution in [3.63, 3.8) is 0 Å². The van der Waals surface area contributed by atoms with Gasteiger partial charge < -0.3 is 10.0 Å². The van der Waals surface area contributed by atoms with Crippen LogP contribution in [0.25, 0.3) is 0 Å². The Morgan fingerprint density at radius 1 is 1.20 bits per heavy atom. The van der Waals surface area contributed by atoms with Crippen molar-refractivity contribution < 1.29 is 14.7 Å². The van der Waals surface area contributed by atoms with Gasteiger partial charge in [0.15, 0.2) is 0 Å². The minimum absolute atomic E-state index is 0.0367. The van der Waals surface area contributed by atoms with E-state index in [2.05, 4.69) is 22.4 Å². The Bertz CT molecular complexity index is 447. The molecule has 110 valence electrons. The summed E-state index contributed by atoms with van der Waals surface area (Å²) in [4.78, 5) is 27.9. The Morgan fingerprint density at radius 2 is 2.05 bits per heavy atom. The molecular weight excluding hydrogens is 276 g/mol. The topological polar surface area (TPSA) is 60.9 Å². The summed E-state index contributed by atoms with van der Waals surface area (Å²) in [5, 5.41) is 10.7.